The molecule has 0 aromatic carbocycles. The second-order valence-corrected chi connectivity index (χ2v) is 5.42. The molecular formula is C14H22N4O3. The van der Waals surface area contributed by atoms with E-state index in [0.717, 1.165) is 18.9 Å². The molecule has 7 heteroatoms. The van der Waals surface area contributed by atoms with Crippen molar-refractivity contribution in [2.24, 2.45) is 0 Å². The van der Waals surface area contributed by atoms with Crippen LogP contribution in [0.2, 0.25) is 0 Å². The topological polar surface area (TPSA) is 78.8 Å². The van der Waals surface area contributed by atoms with Gasteiger partial charge in [0.15, 0.2) is 5.82 Å². The van der Waals surface area contributed by atoms with Crippen LogP contribution in [0.15, 0.2) is 12.4 Å². The Balaban J connectivity index is 1.97. The highest BCUT2D eigenvalue weighted by Gasteiger charge is 2.25. The van der Waals surface area contributed by atoms with E-state index in [1.54, 1.807) is 19.3 Å². The molecule has 1 fully saturated rings. The molecule has 0 aliphatic carbocycles. The van der Waals surface area contributed by atoms with Gasteiger partial charge < -0.3 is 14.7 Å². The van der Waals surface area contributed by atoms with Crippen LogP contribution in [0.5, 0.6) is 5.88 Å². The van der Waals surface area contributed by atoms with Gasteiger partial charge >= 0.3 is 5.97 Å². The molecule has 1 aromatic heterocycles. The van der Waals surface area contributed by atoms with E-state index in [4.69, 9.17) is 9.84 Å². The number of piperazine rings is 1. The number of aromatic nitrogens is 2. The van der Waals surface area contributed by atoms with E-state index in [-0.39, 0.29) is 6.10 Å². The third-order valence-corrected chi connectivity index (χ3v) is 3.50. The number of hydrogen-bond acceptors (Lipinski definition) is 6. The Morgan fingerprint density at radius 1 is 1.24 bits per heavy atom. The molecule has 0 spiro atoms. The zero-order valence-corrected chi connectivity index (χ0v) is 12.7. The van der Waals surface area contributed by atoms with Gasteiger partial charge in [-0.1, -0.05) is 0 Å². The number of aliphatic carboxylic acids is 1. The van der Waals surface area contributed by atoms with Crippen LogP contribution in [-0.2, 0) is 4.79 Å². The minimum absolute atomic E-state index is 0.0582. The predicted octanol–water partition coefficient (Wildman–Crippen LogP) is 0.859. The molecule has 1 unspecified atom stereocenters. The van der Waals surface area contributed by atoms with Crippen LogP contribution in [-0.4, -0.2) is 64.3 Å². The number of ether oxygens (including phenoxy) is 1. The van der Waals surface area contributed by atoms with Crippen LogP contribution in [0.25, 0.3) is 0 Å². The lowest BCUT2D eigenvalue weighted by molar-refractivity contribution is -0.142. The summed E-state index contributed by atoms with van der Waals surface area (Å²) in [6.45, 7) is 8.47. The summed E-state index contributed by atoms with van der Waals surface area (Å²) in [4.78, 5) is 23.7. The Kier molecular flexibility index (Phi) is 4.95. The second-order valence-electron chi connectivity index (χ2n) is 5.42. The summed E-state index contributed by atoms with van der Waals surface area (Å²) in [7, 11) is 0. The van der Waals surface area contributed by atoms with E-state index in [9.17, 15) is 4.79 Å². The quantitative estimate of drug-likeness (QED) is 0.862. The van der Waals surface area contributed by atoms with Crippen LogP contribution in [0.1, 0.15) is 20.8 Å². The summed E-state index contributed by atoms with van der Waals surface area (Å²) in [5.74, 6) is 0.509. The van der Waals surface area contributed by atoms with Gasteiger partial charge in [0.1, 0.15) is 6.04 Å². The zero-order chi connectivity index (χ0) is 15.4. The molecule has 1 aromatic rings. The van der Waals surface area contributed by atoms with Crippen molar-refractivity contribution in [2.75, 3.05) is 31.1 Å². The molecule has 1 aliphatic rings. The maximum atomic E-state index is 11.0. The highest BCUT2D eigenvalue weighted by molar-refractivity contribution is 5.72. The first-order chi connectivity index (χ1) is 9.97. The third-order valence-electron chi connectivity index (χ3n) is 3.50. The maximum absolute atomic E-state index is 11.0. The summed E-state index contributed by atoms with van der Waals surface area (Å²) >= 11 is 0. The van der Waals surface area contributed by atoms with Crippen molar-refractivity contribution < 1.29 is 14.6 Å². The average Bonchev–Trinajstić information content (AvgIpc) is 2.46. The van der Waals surface area contributed by atoms with Crippen molar-refractivity contribution in [3.8, 4) is 5.88 Å². The lowest BCUT2D eigenvalue weighted by Crippen LogP contribution is -2.52. The molecule has 1 atom stereocenters. The van der Waals surface area contributed by atoms with Crippen LogP contribution in [0.4, 0.5) is 5.82 Å². The van der Waals surface area contributed by atoms with Crippen molar-refractivity contribution in [3.63, 3.8) is 0 Å². The standard InChI is InChI=1S/C14H22N4O3/c1-10(2)21-13-9-15-8-12(16-13)18-6-4-17(5-7-18)11(3)14(19)20/h8-11H,4-7H2,1-3H3,(H,19,20). The van der Waals surface area contributed by atoms with Crippen LogP contribution in [0.3, 0.4) is 0 Å². The molecule has 116 valence electrons. The molecule has 0 amide bonds. The second kappa shape index (κ2) is 6.71. The number of anilines is 1. The van der Waals surface area contributed by atoms with Gasteiger partial charge in [0.05, 0.1) is 18.5 Å². The Labute approximate surface area is 124 Å². The number of carboxylic acids is 1. The highest BCUT2D eigenvalue weighted by atomic mass is 16.5. The molecule has 0 saturated carbocycles. The largest absolute Gasteiger partial charge is 0.480 e. The Morgan fingerprint density at radius 2 is 1.90 bits per heavy atom. The van der Waals surface area contributed by atoms with Gasteiger partial charge in [-0.3, -0.25) is 14.7 Å². The van der Waals surface area contributed by atoms with Gasteiger partial charge in [0, 0.05) is 26.2 Å². The molecule has 1 aliphatic heterocycles. The fraction of sp³-hybridized carbons (Fsp3) is 0.643. The number of carboxylic acid groups (broad SMARTS) is 1. The van der Waals surface area contributed by atoms with Crippen molar-refractivity contribution in [3.05, 3.63) is 12.4 Å². The van der Waals surface area contributed by atoms with E-state index in [0.29, 0.717) is 19.0 Å². The minimum atomic E-state index is -0.782. The number of nitrogens with zero attached hydrogens (tertiary/aromatic N) is 4. The van der Waals surface area contributed by atoms with Gasteiger partial charge in [-0.25, -0.2) is 0 Å². The van der Waals surface area contributed by atoms with Gasteiger partial charge in [0.25, 0.3) is 0 Å². The minimum Gasteiger partial charge on any atom is -0.480 e. The Hall–Kier alpha value is -1.89. The van der Waals surface area contributed by atoms with E-state index in [2.05, 4.69) is 14.9 Å². The van der Waals surface area contributed by atoms with Gasteiger partial charge in [0.2, 0.25) is 5.88 Å². The molecule has 1 saturated heterocycles. The van der Waals surface area contributed by atoms with E-state index >= 15 is 0 Å². The van der Waals surface area contributed by atoms with E-state index < -0.39 is 12.0 Å². The summed E-state index contributed by atoms with van der Waals surface area (Å²) in [6.07, 6.45) is 3.37. The van der Waals surface area contributed by atoms with Crippen LogP contribution < -0.4 is 9.64 Å². The molecule has 1 N–H and O–H groups in total. The maximum Gasteiger partial charge on any atom is 0.320 e. The molecule has 7 nitrogen and oxygen atoms in total. The summed E-state index contributed by atoms with van der Waals surface area (Å²) in [5.41, 5.74) is 0. The van der Waals surface area contributed by atoms with Crippen LogP contribution >= 0.6 is 0 Å². The van der Waals surface area contributed by atoms with Gasteiger partial charge in [-0.2, -0.15) is 4.98 Å². The molecular weight excluding hydrogens is 272 g/mol. The first-order valence-electron chi connectivity index (χ1n) is 7.18. The third kappa shape index (κ3) is 4.04. The smallest absolute Gasteiger partial charge is 0.320 e. The SMILES string of the molecule is CC(C)Oc1cncc(N2CCN(C(C)C(=O)O)CC2)n1. The predicted molar refractivity (Wildman–Crippen MR) is 78.7 cm³/mol. The summed E-state index contributed by atoms with van der Waals surface area (Å²) in [6, 6.07) is -0.450. The van der Waals surface area contributed by atoms with Crippen molar-refractivity contribution in [2.45, 2.75) is 32.9 Å². The van der Waals surface area contributed by atoms with E-state index in [1.807, 2.05) is 18.7 Å². The molecule has 0 bridgehead atoms. The normalized spacial score (nSPS) is 17.8. The van der Waals surface area contributed by atoms with Gasteiger partial charge in [-0.15, -0.1) is 0 Å². The number of rotatable bonds is 5. The van der Waals surface area contributed by atoms with Gasteiger partial charge in [-0.05, 0) is 20.8 Å². The molecule has 21 heavy (non-hydrogen) atoms. The monoisotopic (exact) mass is 294 g/mol. The Bertz CT molecular complexity index is 487. The van der Waals surface area contributed by atoms with E-state index in [1.165, 1.54) is 0 Å². The van der Waals surface area contributed by atoms with Crippen molar-refractivity contribution in [1.82, 2.24) is 14.9 Å². The molecule has 0 radical (unpaired) electrons. The van der Waals surface area contributed by atoms with Crippen molar-refractivity contribution in [1.29, 1.82) is 0 Å². The Morgan fingerprint density at radius 3 is 2.48 bits per heavy atom. The fourth-order valence-corrected chi connectivity index (χ4v) is 2.28. The summed E-state index contributed by atoms with van der Waals surface area (Å²) < 4.78 is 5.55. The van der Waals surface area contributed by atoms with Crippen molar-refractivity contribution >= 4 is 11.8 Å². The summed E-state index contributed by atoms with van der Waals surface area (Å²) in [5, 5.41) is 9.04. The lowest BCUT2D eigenvalue weighted by Gasteiger charge is -2.37. The highest BCUT2D eigenvalue weighted by Crippen LogP contribution is 2.17. The first kappa shape index (κ1) is 15.5. The van der Waals surface area contributed by atoms with Crippen LogP contribution in [0, 0.1) is 0 Å². The molecule has 2 rings (SSSR count). The first-order valence-corrected chi connectivity index (χ1v) is 7.18. The average molecular weight is 294 g/mol. The molecule has 2 heterocycles. The fourth-order valence-electron chi connectivity index (χ4n) is 2.28. The number of carbonyl (C=O) groups is 1. The lowest BCUT2D eigenvalue weighted by atomic mass is 10.2. The zero-order valence-electron chi connectivity index (χ0n) is 12.7. The number of hydrogen-bond donors (Lipinski definition) is 1.